The van der Waals surface area contributed by atoms with Crippen LogP contribution in [0.4, 0.5) is 0 Å². The zero-order valence-corrected chi connectivity index (χ0v) is 17.1. The van der Waals surface area contributed by atoms with Crippen molar-refractivity contribution in [3.63, 3.8) is 0 Å². The largest absolute Gasteiger partial charge is 0.489 e. The van der Waals surface area contributed by atoms with E-state index in [1.807, 2.05) is 67.6 Å². The molecular formula is C23H20N4O4. The molecule has 0 bridgehead atoms. The van der Waals surface area contributed by atoms with Gasteiger partial charge in [-0.05, 0) is 64.4 Å². The number of fused-ring (bicyclic) bond motifs is 1. The Bertz CT molecular complexity index is 1330. The van der Waals surface area contributed by atoms with Crippen molar-refractivity contribution in [3.8, 4) is 34.1 Å². The Hall–Kier alpha value is -4.07. The summed E-state index contributed by atoms with van der Waals surface area (Å²) in [5.74, 6) is 2.21. The van der Waals surface area contributed by atoms with Gasteiger partial charge in [0.15, 0.2) is 11.5 Å². The molecule has 3 aromatic carbocycles. The molecule has 0 unspecified atom stereocenters. The Kier molecular flexibility index (Phi) is 4.66. The average Bonchev–Trinajstić information content (AvgIpc) is 3.39. The van der Waals surface area contributed by atoms with E-state index in [0.29, 0.717) is 5.69 Å². The molecule has 1 aliphatic heterocycles. The highest BCUT2D eigenvalue weighted by Crippen LogP contribution is 2.36. The van der Waals surface area contributed by atoms with Crippen LogP contribution in [-0.2, 0) is 13.7 Å². The third-order valence-corrected chi connectivity index (χ3v) is 5.26. The van der Waals surface area contributed by atoms with E-state index < -0.39 is 0 Å². The molecule has 156 valence electrons. The van der Waals surface area contributed by atoms with Crippen molar-refractivity contribution in [2.45, 2.75) is 13.5 Å². The van der Waals surface area contributed by atoms with Crippen LogP contribution in [0.2, 0.25) is 0 Å². The Labute approximate surface area is 178 Å². The lowest BCUT2D eigenvalue weighted by Crippen LogP contribution is -2.23. The summed E-state index contributed by atoms with van der Waals surface area (Å²) < 4.78 is 19.5. The van der Waals surface area contributed by atoms with Crippen molar-refractivity contribution in [1.82, 2.24) is 19.8 Å². The normalized spacial score (nSPS) is 12.2. The highest BCUT2D eigenvalue weighted by atomic mass is 16.7. The van der Waals surface area contributed by atoms with Crippen LogP contribution >= 0.6 is 0 Å². The number of nitrogens with zero attached hydrogens (tertiary/aromatic N) is 4. The summed E-state index contributed by atoms with van der Waals surface area (Å²) in [6.45, 7) is 2.51. The topological polar surface area (TPSA) is 80.4 Å². The quantitative estimate of drug-likeness (QED) is 0.497. The fourth-order valence-corrected chi connectivity index (χ4v) is 3.53. The number of rotatable bonds is 5. The summed E-state index contributed by atoms with van der Waals surface area (Å²) >= 11 is 0. The molecular weight excluding hydrogens is 396 g/mol. The molecule has 0 saturated carbocycles. The smallest absolute Gasteiger partial charge is 0.368 e. The first-order chi connectivity index (χ1) is 15.1. The number of benzene rings is 3. The van der Waals surface area contributed by atoms with E-state index in [2.05, 4.69) is 10.4 Å². The second kappa shape index (κ2) is 7.64. The van der Waals surface area contributed by atoms with E-state index in [9.17, 15) is 4.79 Å². The first kappa shape index (κ1) is 18.9. The van der Waals surface area contributed by atoms with Crippen molar-refractivity contribution >= 4 is 0 Å². The average molecular weight is 416 g/mol. The summed E-state index contributed by atoms with van der Waals surface area (Å²) in [7, 11) is 1.57. The van der Waals surface area contributed by atoms with E-state index in [4.69, 9.17) is 14.2 Å². The minimum absolute atomic E-state index is 0.246. The van der Waals surface area contributed by atoms with Crippen molar-refractivity contribution in [3.05, 3.63) is 82.3 Å². The van der Waals surface area contributed by atoms with Gasteiger partial charge >= 0.3 is 5.69 Å². The molecule has 8 heteroatoms. The molecule has 0 amide bonds. The van der Waals surface area contributed by atoms with E-state index in [-0.39, 0.29) is 19.1 Å². The van der Waals surface area contributed by atoms with E-state index in [1.165, 1.54) is 9.36 Å². The highest BCUT2D eigenvalue weighted by molar-refractivity contribution is 5.68. The van der Waals surface area contributed by atoms with Crippen LogP contribution in [0.5, 0.6) is 17.2 Å². The summed E-state index contributed by atoms with van der Waals surface area (Å²) in [5.41, 5.74) is 4.24. The van der Waals surface area contributed by atoms with Crippen molar-refractivity contribution in [1.29, 1.82) is 0 Å². The molecule has 1 aromatic heterocycles. The zero-order valence-electron chi connectivity index (χ0n) is 17.1. The second-order valence-corrected chi connectivity index (χ2v) is 7.25. The molecule has 0 N–H and O–H groups in total. The van der Waals surface area contributed by atoms with Gasteiger partial charge in [0.25, 0.3) is 0 Å². The molecule has 0 fully saturated rings. The van der Waals surface area contributed by atoms with Gasteiger partial charge in [0.1, 0.15) is 12.4 Å². The maximum Gasteiger partial charge on any atom is 0.368 e. The molecule has 0 saturated heterocycles. The van der Waals surface area contributed by atoms with E-state index in [1.54, 1.807) is 7.05 Å². The van der Waals surface area contributed by atoms with Crippen LogP contribution in [-0.4, -0.2) is 26.6 Å². The lowest BCUT2D eigenvalue weighted by molar-refractivity contribution is 0.174. The van der Waals surface area contributed by atoms with Crippen LogP contribution in [0.15, 0.2) is 65.5 Å². The predicted octanol–water partition coefficient (Wildman–Crippen LogP) is 3.25. The van der Waals surface area contributed by atoms with Crippen LogP contribution in [0.1, 0.15) is 11.1 Å². The summed E-state index contributed by atoms with van der Waals surface area (Å²) in [6.07, 6.45) is 0. The fourth-order valence-electron chi connectivity index (χ4n) is 3.53. The van der Waals surface area contributed by atoms with Crippen molar-refractivity contribution in [2.75, 3.05) is 6.79 Å². The summed E-state index contributed by atoms with van der Waals surface area (Å²) in [6, 6.07) is 19.4. The molecule has 0 atom stereocenters. The molecule has 0 spiro atoms. The van der Waals surface area contributed by atoms with Crippen molar-refractivity contribution in [2.24, 2.45) is 7.05 Å². The van der Waals surface area contributed by atoms with Crippen LogP contribution in [0.3, 0.4) is 0 Å². The molecule has 31 heavy (non-hydrogen) atoms. The molecule has 1 aliphatic rings. The van der Waals surface area contributed by atoms with Gasteiger partial charge in [-0.25, -0.2) is 4.79 Å². The Balaban J connectivity index is 1.42. The van der Waals surface area contributed by atoms with E-state index >= 15 is 0 Å². The molecule has 8 nitrogen and oxygen atoms in total. The van der Waals surface area contributed by atoms with E-state index in [0.717, 1.165) is 39.5 Å². The fraction of sp³-hybridized carbons (Fsp3) is 0.174. The van der Waals surface area contributed by atoms with Gasteiger partial charge in [0.2, 0.25) is 6.79 Å². The highest BCUT2D eigenvalue weighted by Gasteiger charge is 2.15. The summed E-state index contributed by atoms with van der Waals surface area (Å²) in [5, 5.41) is 7.77. The maximum absolute atomic E-state index is 12.3. The maximum atomic E-state index is 12.3. The Morgan fingerprint density at radius 3 is 2.61 bits per heavy atom. The van der Waals surface area contributed by atoms with Gasteiger partial charge in [-0.1, -0.05) is 30.3 Å². The van der Waals surface area contributed by atoms with Gasteiger partial charge in [0.05, 0.1) is 5.69 Å². The first-order valence-corrected chi connectivity index (χ1v) is 9.81. The lowest BCUT2D eigenvalue weighted by Gasteiger charge is -2.13. The molecule has 0 aliphatic carbocycles. The lowest BCUT2D eigenvalue weighted by atomic mass is 10.0. The number of hydrogen-bond acceptors (Lipinski definition) is 6. The number of ether oxygens (including phenoxy) is 3. The van der Waals surface area contributed by atoms with Crippen LogP contribution in [0, 0.1) is 6.92 Å². The number of tetrazole rings is 1. The molecule has 0 radical (unpaired) electrons. The standard InChI is InChI=1S/C23H20N4O4/c1-15-5-3-8-20(27-23(28)26(2)24-25-27)19(15)13-29-18-7-4-6-16(11-18)17-9-10-21-22(12-17)31-14-30-21/h3-12H,13-14H2,1-2H3. The third-order valence-electron chi connectivity index (χ3n) is 5.26. The second-order valence-electron chi connectivity index (χ2n) is 7.25. The minimum Gasteiger partial charge on any atom is -0.489 e. The number of hydrogen-bond donors (Lipinski definition) is 0. The SMILES string of the molecule is Cc1cccc(-n2nnn(C)c2=O)c1COc1cccc(-c2ccc3c(c2)OCO3)c1. The Morgan fingerprint density at radius 1 is 0.968 bits per heavy atom. The van der Waals surface area contributed by atoms with Crippen LogP contribution < -0.4 is 19.9 Å². The predicted molar refractivity (Wildman–Crippen MR) is 114 cm³/mol. The van der Waals surface area contributed by atoms with Crippen molar-refractivity contribution < 1.29 is 14.2 Å². The molecule has 5 rings (SSSR count). The molecule has 2 heterocycles. The van der Waals surface area contributed by atoms with Gasteiger partial charge in [-0.2, -0.15) is 9.36 Å². The monoisotopic (exact) mass is 416 g/mol. The third kappa shape index (κ3) is 3.52. The van der Waals surface area contributed by atoms with Gasteiger partial charge in [0, 0.05) is 12.6 Å². The number of aryl methyl sites for hydroxylation is 2. The van der Waals surface area contributed by atoms with Gasteiger partial charge in [-0.15, -0.1) is 0 Å². The van der Waals surface area contributed by atoms with Gasteiger partial charge < -0.3 is 14.2 Å². The first-order valence-electron chi connectivity index (χ1n) is 9.81. The minimum atomic E-state index is -0.309. The van der Waals surface area contributed by atoms with Gasteiger partial charge in [-0.3, -0.25) is 0 Å². The Morgan fingerprint density at radius 2 is 1.77 bits per heavy atom. The summed E-state index contributed by atoms with van der Waals surface area (Å²) in [4.78, 5) is 12.3. The zero-order chi connectivity index (χ0) is 21.4. The number of aromatic nitrogens is 4. The van der Waals surface area contributed by atoms with Crippen LogP contribution in [0.25, 0.3) is 16.8 Å². The molecule has 4 aromatic rings.